The highest BCUT2D eigenvalue weighted by atomic mass is 35.5. The number of benzene rings is 1. The third-order valence-electron chi connectivity index (χ3n) is 3.53. The molecule has 0 aliphatic rings. The molecule has 2 N–H and O–H groups in total. The molecule has 0 unspecified atom stereocenters. The van der Waals surface area contributed by atoms with E-state index in [0.29, 0.717) is 22.8 Å². The van der Waals surface area contributed by atoms with Gasteiger partial charge in [0.05, 0.1) is 17.1 Å². The zero-order valence-electron chi connectivity index (χ0n) is 14.0. The summed E-state index contributed by atoms with van der Waals surface area (Å²) in [4.78, 5) is 34.4. The maximum absolute atomic E-state index is 12.1. The number of aromatic nitrogens is 1. The van der Waals surface area contributed by atoms with Crippen molar-refractivity contribution in [3.63, 3.8) is 0 Å². The van der Waals surface area contributed by atoms with Gasteiger partial charge in [-0.05, 0) is 24.6 Å². The number of rotatable bonds is 9. The van der Waals surface area contributed by atoms with Gasteiger partial charge in [-0.1, -0.05) is 23.7 Å². The molecular formula is C18H19ClN2O5. The summed E-state index contributed by atoms with van der Waals surface area (Å²) < 4.78 is 6.93. The SMILES string of the molecule is O=C(O)CCCNC(=O)c1ccc(=O)n(CCOc2ccccc2Cl)c1. The lowest BCUT2D eigenvalue weighted by Crippen LogP contribution is -2.28. The number of carboxylic acids is 1. The molecule has 0 aliphatic carbocycles. The van der Waals surface area contributed by atoms with Gasteiger partial charge in [-0.25, -0.2) is 0 Å². The zero-order chi connectivity index (χ0) is 18.9. The minimum absolute atomic E-state index is 0.0147. The lowest BCUT2D eigenvalue weighted by atomic mass is 10.2. The second-order valence-electron chi connectivity index (χ2n) is 5.48. The van der Waals surface area contributed by atoms with Gasteiger partial charge in [-0.15, -0.1) is 0 Å². The molecule has 0 saturated heterocycles. The van der Waals surface area contributed by atoms with E-state index in [4.69, 9.17) is 21.4 Å². The van der Waals surface area contributed by atoms with Crippen molar-refractivity contribution in [3.05, 3.63) is 63.5 Å². The first-order valence-electron chi connectivity index (χ1n) is 8.05. The summed E-state index contributed by atoms with van der Waals surface area (Å²) in [5.74, 6) is -0.753. The third-order valence-corrected chi connectivity index (χ3v) is 3.84. The molecule has 8 heteroatoms. The van der Waals surface area contributed by atoms with Crippen LogP contribution in [0.2, 0.25) is 5.02 Å². The minimum atomic E-state index is -0.911. The third kappa shape index (κ3) is 5.93. The van der Waals surface area contributed by atoms with E-state index >= 15 is 0 Å². The van der Waals surface area contributed by atoms with E-state index in [1.165, 1.54) is 22.9 Å². The van der Waals surface area contributed by atoms with Gasteiger partial charge in [-0.3, -0.25) is 14.4 Å². The lowest BCUT2D eigenvalue weighted by molar-refractivity contribution is -0.137. The topological polar surface area (TPSA) is 97.6 Å². The number of carboxylic acid groups (broad SMARTS) is 1. The number of carbonyl (C=O) groups excluding carboxylic acids is 1. The van der Waals surface area contributed by atoms with E-state index in [1.807, 2.05) is 0 Å². The Labute approximate surface area is 155 Å². The van der Waals surface area contributed by atoms with Gasteiger partial charge < -0.3 is 19.7 Å². The van der Waals surface area contributed by atoms with Crippen LogP contribution in [0.5, 0.6) is 5.75 Å². The molecule has 138 valence electrons. The number of aliphatic carboxylic acids is 1. The molecule has 1 heterocycles. The fourth-order valence-electron chi connectivity index (χ4n) is 2.20. The van der Waals surface area contributed by atoms with Crippen molar-refractivity contribution in [1.82, 2.24) is 9.88 Å². The Kier molecular flexibility index (Phi) is 7.23. The van der Waals surface area contributed by atoms with Crippen LogP contribution in [0.4, 0.5) is 0 Å². The number of carbonyl (C=O) groups is 2. The molecule has 2 aromatic rings. The van der Waals surface area contributed by atoms with Gasteiger partial charge in [0.15, 0.2) is 0 Å². The molecule has 1 amide bonds. The number of nitrogens with one attached hydrogen (secondary N) is 1. The standard InChI is InChI=1S/C18H19ClN2O5/c19-14-4-1-2-5-15(14)26-11-10-21-12-13(7-8-16(21)22)18(25)20-9-3-6-17(23)24/h1-2,4-5,7-8,12H,3,6,9-11H2,(H,20,25)(H,23,24). The van der Waals surface area contributed by atoms with Gasteiger partial charge in [0.25, 0.3) is 11.5 Å². The smallest absolute Gasteiger partial charge is 0.303 e. The fraction of sp³-hybridized carbons (Fsp3) is 0.278. The number of halogens is 1. The van der Waals surface area contributed by atoms with Gasteiger partial charge in [0.2, 0.25) is 0 Å². The van der Waals surface area contributed by atoms with Crippen LogP contribution in [0, 0.1) is 0 Å². The quantitative estimate of drug-likeness (QED) is 0.652. The highest BCUT2D eigenvalue weighted by Gasteiger charge is 2.08. The molecule has 1 aromatic heterocycles. The average Bonchev–Trinajstić information content (AvgIpc) is 2.61. The van der Waals surface area contributed by atoms with Gasteiger partial charge in [-0.2, -0.15) is 0 Å². The van der Waals surface area contributed by atoms with Crippen LogP contribution in [-0.4, -0.2) is 34.7 Å². The van der Waals surface area contributed by atoms with Crippen molar-refractivity contribution in [2.24, 2.45) is 0 Å². The number of hydrogen-bond donors (Lipinski definition) is 2. The van der Waals surface area contributed by atoms with E-state index in [1.54, 1.807) is 24.3 Å². The Bertz CT molecular complexity index is 834. The summed E-state index contributed by atoms with van der Waals surface area (Å²) in [6, 6.07) is 9.76. The molecule has 0 atom stereocenters. The van der Waals surface area contributed by atoms with Gasteiger partial charge in [0.1, 0.15) is 12.4 Å². The Morgan fingerprint density at radius 3 is 2.69 bits per heavy atom. The maximum atomic E-state index is 12.1. The predicted octanol–water partition coefficient (Wildman–Crippen LogP) is 2.18. The minimum Gasteiger partial charge on any atom is -0.490 e. The highest BCUT2D eigenvalue weighted by molar-refractivity contribution is 6.32. The van der Waals surface area contributed by atoms with E-state index in [9.17, 15) is 14.4 Å². The van der Waals surface area contributed by atoms with Crippen molar-refractivity contribution < 1.29 is 19.4 Å². The number of amides is 1. The van der Waals surface area contributed by atoms with Gasteiger partial charge >= 0.3 is 5.97 Å². The summed E-state index contributed by atoms with van der Waals surface area (Å²) in [6.07, 6.45) is 1.77. The van der Waals surface area contributed by atoms with Crippen LogP contribution in [0.1, 0.15) is 23.2 Å². The number of pyridine rings is 1. The van der Waals surface area contributed by atoms with Crippen LogP contribution in [0.15, 0.2) is 47.4 Å². The first kappa shape index (κ1) is 19.5. The number of hydrogen-bond acceptors (Lipinski definition) is 4. The fourth-order valence-corrected chi connectivity index (χ4v) is 2.39. The molecule has 0 spiro atoms. The average molecular weight is 379 g/mol. The van der Waals surface area contributed by atoms with Crippen molar-refractivity contribution in [3.8, 4) is 5.75 Å². The molecule has 7 nitrogen and oxygen atoms in total. The zero-order valence-corrected chi connectivity index (χ0v) is 14.7. The molecule has 0 radical (unpaired) electrons. The number of ether oxygens (including phenoxy) is 1. The van der Waals surface area contributed by atoms with Crippen molar-refractivity contribution in [2.75, 3.05) is 13.2 Å². The summed E-state index contributed by atoms with van der Waals surface area (Å²) in [5, 5.41) is 11.7. The summed E-state index contributed by atoms with van der Waals surface area (Å²) in [7, 11) is 0. The molecule has 0 aliphatic heterocycles. The van der Waals surface area contributed by atoms with Crippen LogP contribution in [-0.2, 0) is 11.3 Å². The molecule has 0 saturated carbocycles. The van der Waals surface area contributed by atoms with Crippen LogP contribution in [0.3, 0.4) is 0 Å². The maximum Gasteiger partial charge on any atom is 0.303 e. The summed E-state index contributed by atoms with van der Waals surface area (Å²) in [5.41, 5.74) is 0.0628. The molecule has 2 rings (SSSR count). The molecular weight excluding hydrogens is 360 g/mol. The summed E-state index contributed by atoms with van der Waals surface area (Å²) >= 11 is 6.00. The highest BCUT2D eigenvalue weighted by Crippen LogP contribution is 2.22. The lowest BCUT2D eigenvalue weighted by Gasteiger charge is -2.11. The van der Waals surface area contributed by atoms with Crippen molar-refractivity contribution in [2.45, 2.75) is 19.4 Å². The van der Waals surface area contributed by atoms with E-state index in [-0.39, 0.29) is 37.6 Å². The number of nitrogens with zero attached hydrogens (tertiary/aromatic N) is 1. The van der Waals surface area contributed by atoms with Crippen LogP contribution < -0.4 is 15.6 Å². The van der Waals surface area contributed by atoms with Crippen LogP contribution >= 0.6 is 11.6 Å². The summed E-state index contributed by atoms with van der Waals surface area (Å²) in [6.45, 7) is 0.720. The first-order chi connectivity index (χ1) is 12.5. The number of para-hydroxylation sites is 1. The van der Waals surface area contributed by atoms with Gasteiger partial charge in [0, 0.05) is 25.2 Å². The second-order valence-corrected chi connectivity index (χ2v) is 5.89. The first-order valence-corrected chi connectivity index (χ1v) is 8.43. The monoisotopic (exact) mass is 378 g/mol. The molecule has 0 fully saturated rings. The Morgan fingerprint density at radius 2 is 1.96 bits per heavy atom. The Hall–Kier alpha value is -2.80. The molecule has 0 bridgehead atoms. The van der Waals surface area contributed by atoms with Crippen molar-refractivity contribution in [1.29, 1.82) is 0 Å². The Morgan fingerprint density at radius 1 is 1.19 bits per heavy atom. The second kappa shape index (κ2) is 9.62. The van der Waals surface area contributed by atoms with Crippen molar-refractivity contribution >= 4 is 23.5 Å². The predicted molar refractivity (Wildman–Crippen MR) is 96.9 cm³/mol. The molecule has 1 aromatic carbocycles. The molecule has 26 heavy (non-hydrogen) atoms. The van der Waals surface area contributed by atoms with E-state index < -0.39 is 5.97 Å². The van der Waals surface area contributed by atoms with E-state index in [2.05, 4.69) is 5.32 Å². The van der Waals surface area contributed by atoms with Crippen LogP contribution in [0.25, 0.3) is 0 Å². The Balaban J connectivity index is 1.92. The largest absolute Gasteiger partial charge is 0.490 e. The normalized spacial score (nSPS) is 10.3. The van der Waals surface area contributed by atoms with E-state index in [0.717, 1.165) is 0 Å².